The van der Waals surface area contributed by atoms with Crippen molar-refractivity contribution in [2.45, 2.75) is 20.4 Å². The van der Waals surface area contributed by atoms with Crippen LogP contribution in [0.15, 0.2) is 35.0 Å². The van der Waals surface area contributed by atoms with Gasteiger partial charge in [-0.3, -0.25) is 0 Å². The summed E-state index contributed by atoms with van der Waals surface area (Å²) in [5.41, 5.74) is 4.49. The van der Waals surface area contributed by atoms with Crippen LogP contribution in [0.25, 0.3) is 5.69 Å². The maximum absolute atomic E-state index is 4.03. The Kier molecular flexibility index (Phi) is 3.47. The predicted octanol–water partition coefficient (Wildman–Crippen LogP) is 2.95. The highest BCUT2D eigenvalue weighted by atomic mass is 32.1. The molecule has 0 fully saturated rings. The van der Waals surface area contributed by atoms with Crippen molar-refractivity contribution in [2.24, 2.45) is 0 Å². The summed E-state index contributed by atoms with van der Waals surface area (Å²) in [5.74, 6) is 0.781. The fourth-order valence-corrected chi connectivity index (χ4v) is 2.67. The van der Waals surface area contributed by atoms with E-state index in [1.54, 1.807) is 16.0 Å². The molecule has 0 aliphatic rings. The monoisotopic (exact) mass is 285 g/mol. The number of rotatable bonds is 4. The largest absolute Gasteiger partial charge is 0.381 e. The summed E-state index contributed by atoms with van der Waals surface area (Å²) < 4.78 is 1.76. The van der Waals surface area contributed by atoms with Gasteiger partial charge in [-0.25, -0.2) is 0 Å². The fraction of sp³-hybridized carbons (Fsp3) is 0.214. The van der Waals surface area contributed by atoms with Crippen LogP contribution in [0.5, 0.6) is 0 Å². The van der Waals surface area contributed by atoms with Gasteiger partial charge in [-0.15, -0.1) is 5.10 Å². The highest BCUT2D eigenvalue weighted by molar-refractivity contribution is 7.07. The van der Waals surface area contributed by atoms with Gasteiger partial charge in [0.1, 0.15) is 0 Å². The van der Waals surface area contributed by atoms with Gasteiger partial charge >= 0.3 is 0 Å². The lowest BCUT2D eigenvalue weighted by atomic mass is 10.1. The van der Waals surface area contributed by atoms with E-state index in [9.17, 15) is 0 Å². The van der Waals surface area contributed by atoms with E-state index in [0.29, 0.717) is 0 Å². The molecule has 3 aromatic rings. The van der Waals surface area contributed by atoms with E-state index in [1.165, 1.54) is 5.56 Å². The van der Waals surface area contributed by atoms with Crippen LogP contribution in [-0.2, 0) is 6.54 Å². The van der Waals surface area contributed by atoms with Crippen LogP contribution in [0, 0.1) is 13.8 Å². The second-order valence-electron chi connectivity index (χ2n) is 4.62. The molecule has 1 N–H and O–H groups in total. The van der Waals surface area contributed by atoms with Gasteiger partial charge in [-0.2, -0.15) is 16.0 Å². The summed E-state index contributed by atoms with van der Waals surface area (Å²) in [5, 5.41) is 19.3. The van der Waals surface area contributed by atoms with Crippen LogP contribution in [0.2, 0.25) is 0 Å². The molecule has 0 radical (unpaired) electrons. The van der Waals surface area contributed by atoms with E-state index in [0.717, 1.165) is 29.3 Å². The highest BCUT2D eigenvalue weighted by Gasteiger charge is 2.07. The molecule has 2 heterocycles. The van der Waals surface area contributed by atoms with Crippen molar-refractivity contribution < 1.29 is 0 Å². The van der Waals surface area contributed by atoms with Gasteiger partial charge in [0.15, 0.2) is 5.82 Å². The van der Waals surface area contributed by atoms with Crippen molar-refractivity contribution in [2.75, 3.05) is 5.32 Å². The van der Waals surface area contributed by atoms with Crippen molar-refractivity contribution in [1.82, 2.24) is 20.2 Å². The maximum Gasteiger partial charge on any atom is 0.153 e. The molecule has 0 bridgehead atoms. The molecule has 0 saturated carbocycles. The fourth-order valence-electron chi connectivity index (χ4n) is 2.00. The molecular formula is C14H15N5S. The average Bonchev–Trinajstić information content (AvgIpc) is 3.09. The van der Waals surface area contributed by atoms with E-state index >= 15 is 0 Å². The van der Waals surface area contributed by atoms with Crippen LogP contribution >= 0.6 is 11.3 Å². The Labute approximate surface area is 121 Å². The number of aryl methyl sites for hydroxylation is 2. The van der Waals surface area contributed by atoms with Gasteiger partial charge < -0.3 is 5.32 Å². The van der Waals surface area contributed by atoms with E-state index < -0.39 is 0 Å². The quantitative estimate of drug-likeness (QED) is 0.800. The van der Waals surface area contributed by atoms with Gasteiger partial charge in [0.05, 0.1) is 5.69 Å². The molecule has 6 heteroatoms. The summed E-state index contributed by atoms with van der Waals surface area (Å²) in [7, 11) is 0. The molecule has 20 heavy (non-hydrogen) atoms. The Balaban J connectivity index is 1.85. The van der Waals surface area contributed by atoms with Crippen LogP contribution in [0.3, 0.4) is 0 Å². The molecule has 0 aliphatic carbocycles. The van der Waals surface area contributed by atoms with E-state index in [-0.39, 0.29) is 0 Å². The minimum absolute atomic E-state index is 0.781. The van der Waals surface area contributed by atoms with Crippen molar-refractivity contribution in [3.8, 4) is 5.69 Å². The number of benzene rings is 1. The number of aromatic nitrogens is 4. The van der Waals surface area contributed by atoms with Gasteiger partial charge in [0.25, 0.3) is 0 Å². The minimum atomic E-state index is 0.781. The maximum atomic E-state index is 4.03. The van der Waals surface area contributed by atoms with Crippen molar-refractivity contribution >= 4 is 17.0 Å². The predicted molar refractivity (Wildman–Crippen MR) is 80.3 cm³/mol. The summed E-state index contributed by atoms with van der Waals surface area (Å²) in [6, 6.07) is 8.35. The number of nitrogens with one attached hydrogen (secondary N) is 1. The second kappa shape index (κ2) is 5.42. The molecule has 0 saturated heterocycles. The van der Waals surface area contributed by atoms with Crippen molar-refractivity contribution in [3.63, 3.8) is 0 Å². The third-order valence-electron chi connectivity index (χ3n) is 3.14. The van der Waals surface area contributed by atoms with Crippen molar-refractivity contribution in [1.29, 1.82) is 0 Å². The first-order valence-corrected chi connectivity index (χ1v) is 7.29. The van der Waals surface area contributed by atoms with Crippen LogP contribution in [0.1, 0.15) is 17.0 Å². The van der Waals surface area contributed by atoms with Gasteiger partial charge in [0, 0.05) is 12.2 Å². The molecule has 0 amide bonds. The van der Waals surface area contributed by atoms with Gasteiger partial charge in [0.2, 0.25) is 0 Å². The molecule has 0 atom stereocenters. The van der Waals surface area contributed by atoms with E-state index in [1.807, 2.05) is 6.92 Å². The molecule has 3 rings (SSSR count). The normalized spacial score (nSPS) is 10.7. The van der Waals surface area contributed by atoms with E-state index in [2.05, 4.69) is 62.8 Å². The summed E-state index contributed by atoms with van der Waals surface area (Å²) >= 11 is 1.71. The third-order valence-corrected chi connectivity index (χ3v) is 3.87. The molecule has 0 unspecified atom stereocenters. The zero-order valence-corrected chi connectivity index (χ0v) is 12.2. The van der Waals surface area contributed by atoms with Gasteiger partial charge in [-0.05, 0) is 64.4 Å². The first-order valence-electron chi connectivity index (χ1n) is 6.35. The molecule has 0 aliphatic heterocycles. The number of hydrogen-bond acceptors (Lipinski definition) is 5. The SMILES string of the molecule is Cc1ccc(NCc2ccsc2)cc1-n1nnnc1C. The lowest BCUT2D eigenvalue weighted by Gasteiger charge is -2.10. The first-order chi connectivity index (χ1) is 9.74. The van der Waals surface area contributed by atoms with Crippen molar-refractivity contribution in [3.05, 3.63) is 52.0 Å². The Morgan fingerprint density at radius 3 is 2.85 bits per heavy atom. The lowest BCUT2D eigenvalue weighted by molar-refractivity contribution is 0.775. The summed E-state index contributed by atoms with van der Waals surface area (Å²) in [6.07, 6.45) is 0. The Bertz CT molecular complexity index is 702. The molecule has 102 valence electrons. The first kappa shape index (κ1) is 12.8. The molecule has 5 nitrogen and oxygen atoms in total. The highest BCUT2D eigenvalue weighted by Crippen LogP contribution is 2.20. The molecule has 2 aromatic heterocycles. The number of thiophene rings is 1. The smallest absolute Gasteiger partial charge is 0.153 e. The summed E-state index contributed by atoms with van der Waals surface area (Å²) in [6.45, 7) is 4.77. The van der Waals surface area contributed by atoms with E-state index in [4.69, 9.17) is 0 Å². The Morgan fingerprint density at radius 1 is 1.25 bits per heavy atom. The zero-order chi connectivity index (χ0) is 13.9. The second-order valence-corrected chi connectivity index (χ2v) is 5.40. The third kappa shape index (κ3) is 2.55. The molecular weight excluding hydrogens is 270 g/mol. The van der Waals surface area contributed by atoms with Crippen LogP contribution in [-0.4, -0.2) is 20.2 Å². The molecule has 0 spiro atoms. The topological polar surface area (TPSA) is 55.6 Å². The number of nitrogens with zero attached hydrogens (tertiary/aromatic N) is 4. The average molecular weight is 285 g/mol. The minimum Gasteiger partial charge on any atom is -0.381 e. The van der Waals surface area contributed by atoms with Crippen LogP contribution in [0.4, 0.5) is 5.69 Å². The Morgan fingerprint density at radius 2 is 2.15 bits per heavy atom. The Hall–Kier alpha value is -2.21. The summed E-state index contributed by atoms with van der Waals surface area (Å²) in [4.78, 5) is 0. The lowest BCUT2D eigenvalue weighted by Crippen LogP contribution is -2.04. The van der Waals surface area contributed by atoms with Crippen LogP contribution < -0.4 is 5.32 Å². The number of hydrogen-bond donors (Lipinski definition) is 1. The standard InChI is InChI=1S/C14H15N5S/c1-10-3-4-13(15-8-12-5-6-20-9-12)7-14(10)19-11(2)16-17-18-19/h3-7,9,15H,8H2,1-2H3. The zero-order valence-electron chi connectivity index (χ0n) is 11.4. The number of anilines is 1. The van der Waals surface area contributed by atoms with Gasteiger partial charge in [-0.1, -0.05) is 6.07 Å². The number of tetrazole rings is 1. The molecule has 1 aromatic carbocycles.